The number of ketones is 1. The fraction of sp³-hybridized carbons (Fsp3) is 0.267. The Morgan fingerprint density at radius 1 is 0.919 bits per heavy atom. The first-order valence-electron chi connectivity index (χ1n) is 12.2. The van der Waals surface area contributed by atoms with E-state index in [0.717, 1.165) is 11.1 Å². The molecule has 4 rings (SSSR count). The van der Waals surface area contributed by atoms with Gasteiger partial charge >= 0.3 is 0 Å². The number of rotatable bonds is 8. The molecule has 1 aliphatic rings. The summed E-state index contributed by atoms with van der Waals surface area (Å²) in [5.74, 6) is -0.427. The maximum atomic E-state index is 13.6. The van der Waals surface area contributed by atoms with E-state index >= 15 is 0 Å². The number of para-hydroxylation sites is 1. The summed E-state index contributed by atoms with van der Waals surface area (Å²) >= 11 is 0. The Morgan fingerprint density at radius 3 is 2.35 bits per heavy atom. The normalized spacial score (nSPS) is 16.7. The van der Waals surface area contributed by atoms with Crippen molar-refractivity contribution in [1.29, 1.82) is 0 Å². The molecular formula is C30H31NO6. The van der Waals surface area contributed by atoms with Crippen molar-refractivity contribution in [2.24, 2.45) is 0 Å². The highest BCUT2D eigenvalue weighted by Gasteiger charge is 2.48. The van der Waals surface area contributed by atoms with E-state index in [-0.39, 0.29) is 11.3 Å². The molecule has 0 aromatic heterocycles. The predicted molar refractivity (Wildman–Crippen MR) is 142 cm³/mol. The molecule has 37 heavy (non-hydrogen) atoms. The lowest BCUT2D eigenvalue weighted by Gasteiger charge is -2.28. The smallest absolute Gasteiger partial charge is 0.300 e. The Bertz CT molecular complexity index is 1380. The van der Waals surface area contributed by atoms with Crippen LogP contribution in [0.4, 0.5) is 5.69 Å². The van der Waals surface area contributed by atoms with E-state index in [1.165, 1.54) is 12.0 Å². The molecule has 1 amide bonds. The van der Waals surface area contributed by atoms with Crippen LogP contribution >= 0.6 is 0 Å². The van der Waals surface area contributed by atoms with Crippen molar-refractivity contribution in [3.8, 4) is 17.2 Å². The topological polar surface area (TPSA) is 85.3 Å². The molecule has 3 aromatic carbocycles. The molecule has 0 bridgehead atoms. The molecule has 1 aliphatic heterocycles. The number of ether oxygens (including phenoxy) is 3. The van der Waals surface area contributed by atoms with Gasteiger partial charge in [-0.15, -0.1) is 0 Å². The van der Waals surface area contributed by atoms with Gasteiger partial charge < -0.3 is 19.3 Å². The standard InChI is InChI=1S/C30H31NO6/c1-6-36-20-14-15-22(25(17-20)37-7-2)28(32)26-27(21-10-8-9-11-24(21)35-5)31(30(34)29(26)33)23-16-18(3)12-13-19(23)4/h8-17,27,32H,6-7H2,1-5H3/b28-26+. The lowest BCUT2D eigenvalue weighted by molar-refractivity contribution is -0.132. The fourth-order valence-corrected chi connectivity index (χ4v) is 4.62. The minimum Gasteiger partial charge on any atom is -0.507 e. The third kappa shape index (κ3) is 4.77. The third-order valence-electron chi connectivity index (χ3n) is 6.32. The van der Waals surface area contributed by atoms with Crippen LogP contribution in [0.1, 0.15) is 42.1 Å². The van der Waals surface area contributed by atoms with Crippen LogP contribution in [0.2, 0.25) is 0 Å². The van der Waals surface area contributed by atoms with Crippen molar-refractivity contribution in [3.05, 3.63) is 88.5 Å². The second-order valence-electron chi connectivity index (χ2n) is 8.72. The van der Waals surface area contributed by atoms with Crippen LogP contribution in [0, 0.1) is 13.8 Å². The minimum atomic E-state index is -0.919. The van der Waals surface area contributed by atoms with Gasteiger partial charge in [-0.05, 0) is 63.1 Å². The quantitative estimate of drug-likeness (QED) is 0.241. The number of aliphatic hydroxyl groups excluding tert-OH is 1. The number of aryl methyl sites for hydroxylation is 2. The van der Waals surface area contributed by atoms with Crippen LogP contribution in [0.15, 0.2) is 66.2 Å². The summed E-state index contributed by atoms with van der Waals surface area (Å²) in [7, 11) is 1.53. The van der Waals surface area contributed by atoms with Crippen LogP contribution < -0.4 is 19.1 Å². The number of carbonyl (C=O) groups is 2. The van der Waals surface area contributed by atoms with E-state index in [0.29, 0.717) is 47.3 Å². The summed E-state index contributed by atoms with van der Waals surface area (Å²) in [5, 5.41) is 11.6. The zero-order valence-electron chi connectivity index (χ0n) is 21.7. The van der Waals surface area contributed by atoms with Crippen molar-refractivity contribution in [3.63, 3.8) is 0 Å². The Kier molecular flexibility index (Phi) is 7.53. The molecule has 7 nitrogen and oxygen atoms in total. The lowest BCUT2D eigenvalue weighted by atomic mass is 9.93. The maximum absolute atomic E-state index is 13.6. The lowest BCUT2D eigenvalue weighted by Crippen LogP contribution is -2.30. The number of hydrogen-bond acceptors (Lipinski definition) is 6. The number of aliphatic hydroxyl groups is 1. The highest BCUT2D eigenvalue weighted by molar-refractivity contribution is 6.52. The van der Waals surface area contributed by atoms with Gasteiger partial charge in [0, 0.05) is 17.3 Å². The van der Waals surface area contributed by atoms with E-state index in [2.05, 4.69) is 0 Å². The van der Waals surface area contributed by atoms with Gasteiger partial charge in [0.1, 0.15) is 23.0 Å². The van der Waals surface area contributed by atoms with E-state index in [4.69, 9.17) is 14.2 Å². The van der Waals surface area contributed by atoms with Gasteiger partial charge in [0.25, 0.3) is 11.7 Å². The molecule has 0 spiro atoms. The van der Waals surface area contributed by atoms with Gasteiger partial charge in [-0.1, -0.05) is 30.3 Å². The maximum Gasteiger partial charge on any atom is 0.300 e. The molecule has 1 saturated heterocycles. The SMILES string of the molecule is CCOc1ccc(/C(O)=C2\C(=O)C(=O)N(c3cc(C)ccc3C)C2c2ccccc2OC)c(OCC)c1. The minimum absolute atomic E-state index is 0.0412. The summed E-state index contributed by atoms with van der Waals surface area (Å²) in [6.45, 7) is 8.30. The Morgan fingerprint density at radius 2 is 1.65 bits per heavy atom. The molecule has 1 unspecified atom stereocenters. The van der Waals surface area contributed by atoms with Gasteiger partial charge in [0.2, 0.25) is 0 Å². The van der Waals surface area contributed by atoms with E-state index in [1.54, 1.807) is 30.3 Å². The van der Waals surface area contributed by atoms with Crippen molar-refractivity contribution >= 4 is 23.1 Å². The number of amides is 1. The van der Waals surface area contributed by atoms with Crippen LogP contribution in [0.3, 0.4) is 0 Å². The van der Waals surface area contributed by atoms with Crippen molar-refractivity contribution in [2.75, 3.05) is 25.2 Å². The molecule has 1 fully saturated rings. The number of methoxy groups -OCH3 is 1. The van der Waals surface area contributed by atoms with Gasteiger partial charge in [0.05, 0.1) is 37.5 Å². The van der Waals surface area contributed by atoms with Crippen LogP contribution in [0.5, 0.6) is 17.2 Å². The monoisotopic (exact) mass is 501 g/mol. The summed E-state index contributed by atoms with van der Waals surface area (Å²) in [6.07, 6.45) is 0. The molecule has 7 heteroatoms. The zero-order chi connectivity index (χ0) is 26.7. The van der Waals surface area contributed by atoms with Gasteiger partial charge in [-0.2, -0.15) is 0 Å². The highest BCUT2D eigenvalue weighted by atomic mass is 16.5. The number of Topliss-reactive ketones (excluding diaryl/α,β-unsaturated/α-hetero) is 1. The fourth-order valence-electron chi connectivity index (χ4n) is 4.62. The second kappa shape index (κ2) is 10.8. The molecular weight excluding hydrogens is 470 g/mol. The summed E-state index contributed by atoms with van der Waals surface area (Å²) in [6, 6.07) is 17.0. The first-order chi connectivity index (χ1) is 17.8. The number of hydrogen-bond donors (Lipinski definition) is 1. The molecule has 1 N–H and O–H groups in total. The highest BCUT2D eigenvalue weighted by Crippen LogP contribution is 2.46. The number of nitrogens with zero attached hydrogens (tertiary/aromatic N) is 1. The van der Waals surface area contributed by atoms with Crippen molar-refractivity contribution < 1.29 is 28.9 Å². The Labute approximate surface area is 216 Å². The average molecular weight is 502 g/mol. The first-order valence-corrected chi connectivity index (χ1v) is 12.2. The van der Waals surface area contributed by atoms with Crippen molar-refractivity contribution in [1.82, 2.24) is 0 Å². The zero-order valence-corrected chi connectivity index (χ0v) is 21.7. The molecule has 0 aliphatic carbocycles. The number of carbonyl (C=O) groups excluding carboxylic acids is 2. The van der Waals surface area contributed by atoms with E-state index in [9.17, 15) is 14.7 Å². The first kappa shape index (κ1) is 25.8. The van der Waals surface area contributed by atoms with E-state index in [1.807, 2.05) is 58.0 Å². The third-order valence-corrected chi connectivity index (χ3v) is 6.32. The number of benzene rings is 3. The largest absolute Gasteiger partial charge is 0.507 e. The number of anilines is 1. The summed E-state index contributed by atoms with van der Waals surface area (Å²) in [5.41, 5.74) is 3.18. The van der Waals surface area contributed by atoms with Gasteiger partial charge in [0.15, 0.2) is 0 Å². The van der Waals surface area contributed by atoms with Crippen LogP contribution in [-0.2, 0) is 9.59 Å². The molecule has 1 heterocycles. The van der Waals surface area contributed by atoms with E-state index < -0.39 is 17.7 Å². The molecule has 192 valence electrons. The summed E-state index contributed by atoms with van der Waals surface area (Å²) < 4.78 is 17.0. The van der Waals surface area contributed by atoms with Crippen LogP contribution in [-0.4, -0.2) is 37.1 Å². The summed E-state index contributed by atoms with van der Waals surface area (Å²) in [4.78, 5) is 28.6. The Hall–Kier alpha value is -4.26. The van der Waals surface area contributed by atoms with Gasteiger partial charge in [-0.25, -0.2) is 0 Å². The predicted octanol–water partition coefficient (Wildman–Crippen LogP) is 5.74. The Balaban J connectivity index is 2.01. The average Bonchev–Trinajstić information content (AvgIpc) is 3.15. The molecule has 0 radical (unpaired) electrons. The van der Waals surface area contributed by atoms with Crippen LogP contribution in [0.25, 0.3) is 5.76 Å². The van der Waals surface area contributed by atoms with Crippen molar-refractivity contribution in [2.45, 2.75) is 33.7 Å². The molecule has 0 saturated carbocycles. The molecule has 1 atom stereocenters. The second-order valence-corrected chi connectivity index (χ2v) is 8.72. The molecule has 3 aromatic rings. The van der Waals surface area contributed by atoms with Gasteiger partial charge in [-0.3, -0.25) is 14.5 Å².